The Hall–Kier alpha value is -1.25. The molecule has 1 aliphatic rings. The fourth-order valence-electron chi connectivity index (χ4n) is 2.25. The SMILES string of the molecule is CCC(C)N1CCN(S(=O)(=O)c2cnc(N)nc2)CC1. The molecule has 0 saturated carbocycles. The molecule has 1 saturated heterocycles. The molecule has 1 aromatic rings. The molecular weight excluding hydrogens is 278 g/mol. The summed E-state index contributed by atoms with van der Waals surface area (Å²) < 4.78 is 26.3. The summed E-state index contributed by atoms with van der Waals surface area (Å²) in [6.45, 7) is 6.81. The van der Waals surface area contributed by atoms with Crippen LogP contribution in [0, 0.1) is 0 Å². The lowest BCUT2D eigenvalue weighted by Gasteiger charge is -2.37. The van der Waals surface area contributed by atoms with Gasteiger partial charge in [-0.2, -0.15) is 4.31 Å². The van der Waals surface area contributed by atoms with Crippen LogP contribution in [0.5, 0.6) is 0 Å². The molecule has 2 heterocycles. The normalized spacial score (nSPS) is 19.9. The molecule has 2 N–H and O–H groups in total. The minimum Gasteiger partial charge on any atom is -0.368 e. The summed E-state index contributed by atoms with van der Waals surface area (Å²) in [6, 6.07) is 0.486. The van der Waals surface area contributed by atoms with E-state index in [-0.39, 0.29) is 10.8 Å². The largest absolute Gasteiger partial charge is 0.368 e. The Balaban J connectivity index is 2.07. The van der Waals surface area contributed by atoms with Gasteiger partial charge in [-0.15, -0.1) is 0 Å². The zero-order valence-corrected chi connectivity index (χ0v) is 12.7. The van der Waals surface area contributed by atoms with Gasteiger partial charge in [-0.1, -0.05) is 6.92 Å². The fraction of sp³-hybridized carbons (Fsp3) is 0.667. The Bertz CT molecular complexity index is 537. The van der Waals surface area contributed by atoms with Crippen LogP contribution < -0.4 is 5.73 Å². The molecule has 7 nitrogen and oxygen atoms in total. The summed E-state index contributed by atoms with van der Waals surface area (Å²) in [6.07, 6.45) is 3.59. The summed E-state index contributed by atoms with van der Waals surface area (Å²) >= 11 is 0. The van der Waals surface area contributed by atoms with Crippen molar-refractivity contribution in [3.8, 4) is 0 Å². The molecule has 0 radical (unpaired) electrons. The standard InChI is InChI=1S/C12H21N5O2S/c1-3-10(2)16-4-6-17(7-5-16)20(18,19)11-8-14-12(13)15-9-11/h8-10H,3-7H2,1-2H3,(H2,13,14,15). The lowest BCUT2D eigenvalue weighted by Crippen LogP contribution is -2.51. The number of aromatic nitrogens is 2. The summed E-state index contributed by atoms with van der Waals surface area (Å²) in [5.74, 6) is 0.0746. The van der Waals surface area contributed by atoms with Gasteiger partial charge in [0.2, 0.25) is 16.0 Å². The van der Waals surface area contributed by atoms with Gasteiger partial charge in [0.05, 0.1) is 12.4 Å². The highest BCUT2D eigenvalue weighted by Crippen LogP contribution is 2.17. The molecule has 0 bridgehead atoms. The van der Waals surface area contributed by atoms with Crippen LogP contribution in [0.25, 0.3) is 0 Å². The lowest BCUT2D eigenvalue weighted by molar-refractivity contribution is 0.142. The predicted molar refractivity (Wildman–Crippen MR) is 76.5 cm³/mol. The van der Waals surface area contributed by atoms with Gasteiger partial charge in [0.1, 0.15) is 4.90 Å². The zero-order valence-electron chi connectivity index (χ0n) is 11.9. The van der Waals surface area contributed by atoms with Crippen molar-refractivity contribution in [2.24, 2.45) is 0 Å². The third-order valence-electron chi connectivity index (χ3n) is 3.77. The van der Waals surface area contributed by atoms with Gasteiger partial charge in [0, 0.05) is 32.2 Å². The van der Waals surface area contributed by atoms with E-state index in [0.717, 1.165) is 19.5 Å². The minimum absolute atomic E-state index is 0.0746. The van der Waals surface area contributed by atoms with Crippen LogP contribution in [0.3, 0.4) is 0 Å². The van der Waals surface area contributed by atoms with Crippen molar-refractivity contribution < 1.29 is 8.42 Å². The Kier molecular flexibility index (Phi) is 4.56. The van der Waals surface area contributed by atoms with E-state index in [2.05, 4.69) is 28.7 Å². The minimum atomic E-state index is -3.51. The molecule has 1 fully saturated rings. The number of nitrogen functional groups attached to an aromatic ring is 1. The number of nitrogens with two attached hydrogens (primary N) is 1. The third-order valence-corrected chi connectivity index (χ3v) is 5.62. The number of hydrogen-bond acceptors (Lipinski definition) is 6. The average molecular weight is 299 g/mol. The van der Waals surface area contributed by atoms with Crippen LogP contribution in [-0.4, -0.2) is 59.8 Å². The van der Waals surface area contributed by atoms with E-state index in [1.165, 1.54) is 16.7 Å². The summed E-state index contributed by atoms with van der Waals surface area (Å²) in [5.41, 5.74) is 5.38. The van der Waals surface area contributed by atoms with E-state index in [4.69, 9.17) is 5.73 Å². The van der Waals surface area contributed by atoms with Gasteiger partial charge in [-0.05, 0) is 13.3 Å². The van der Waals surface area contributed by atoms with Gasteiger partial charge in [-0.25, -0.2) is 18.4 Å². The molecule has 20 heavy (non-hydrogen) atoms. The van der Waals surface area contributed by atoms with Crippen molar-refractivity contribution in [1.82, 2.24) is 19.2 Å². The number of sulfonamides is 1. The van der Waals surface area contributed by atoms with Crippen LogP contribution in [0.1, 0.15) is 20.3 Å². The van der Waals surface area contributed by atoms with Crippen LogP contribution in [-0.2, 0) is 10.0 Å². The molecular formula is C12H21N5O2S. The molecule has 8 heteroatoms. The Labute approximate surface area is 119 Å². The molecule has 1 atom stereocenters. The van der Waals surface area contributed by atoms with Crippen LogP contribution >= 0.6 is 0 Å². The highest BCUT2D eigenvalue weighted by Gasteiger charge is 2.30. The third kappa shape index (κ3) is 3.08. The topological polar surface area (TPSA) is 92.4 Å². The second-order valence-electron chi connectivity index (χ2n) is 4.97. The first-order valence-electron chi connectivity index (χ1n) is 6.77. The molecule has 0 amide bonds. The van der Waals surface area contributed by atoms with E-state index in [1.807, 2.05) is 0 Å². The van der Waals surface area contributed by atoms with Crippen molar-refractivity contribution >= 4 is 16.0 Å². The Morgan fingerprint density at radius 1 is 1.25 bits per heavy atom. The first-order valence-corrected chi connectivity index (χ1v) is 8.21. The van der Waals surface area contributed by atoms with Crippen LogP contribution in [0.4, 0.5) is 5.95 Å². The molecule has 112 valence electrons. The second-order valence-corrected chi connectivity index (χ2v) is 6.91. The van der Waals surface area contributed by atoms with E-state index < -0.39 is 10.0 Å². The van der Waals surface area contributed by atoms with Gasteiger partial charge < -0.3 is 5.73 Å². The number of anilines is 1. The maximum absolute atomic E-state index is 12.4. The maximum Gasteiger partial charge on any atom is 0.246 e. The molecule has 0 aromatic carbocycles. The average Bonchev–Trinajstić information content (AvgIpc) is 2.47. The highest BCUT2D eigenvalue weighted by atomic mass is 32.2. The Morgan fingerprint density at radius 2 is 1.80 bits per heavy atom. The van der Waals surface area contributed by atoms with Crippen molar-refractivity contribution in [2.75, 3.05) is 31.9 Å². The Morgan fingerprint density at radius 3 is 2.30 bits per heavy atom. The second kappa shape index (κ2) is 6.02. The smallest absolute Gasteiger partial charge is 0.246 e. The quantitative estimate of drug-likeness (QED) is 0.851. The monoisotopic (exact) mass is 299 g/mol. The number of hydrogen-bond donors (Lipinski definition) is 1. The first-order chi connectivity index (χ1) is 9.45. The highest BCUT2D eigenvalue weighted by molar-refractivity contribution is 7.89. The summed E-state index contributed by atoms with van der Waals surface area (Å²) in [7, 11) is -3.51. The number of nitrogens with zero attached hydrogens (tertiary/aromatic N) is 4. The number of piperazine rings is 1. The lowest BCUT2D eigenvalue weighted by atomic mass is 10.2. The predicted octanol–water partition coefficient (Wildman–Crippen LogP) is 0.164. The van der Waals surface area contributed by atoms with Gasteiger partial charge in [-0.3, -0.25) is 4.90 Å². The van der Waals surface area contributed by atoms with E-state index in [0.29, 0.717) is 19.1 Å². The fourth-order valence-corrected chi connectivity index (χ4v) is 3.57. The summed E-state index contributed by atoms with van der Waals surface area (Å²) in [4.78, 5) is 9.91. The van der Waals surface area contributed by atoms with E-state index in [9.17, 15) is 8.42 Å². The molecule has 1 aliphatic heterocycles. The molecule has 1 unspecified atom stereocenters. The van der Waals surface area contributed by atoms with E-state index >= 15 is 0 Å². The van der Waals surface area contributed by atoms with Crippen molar-refractivity contribution in [2.45, 2.75) is 31.2 Å². The number of rotatable bonds is 4. The maximum atomic E-state index is 12.4. The van der Waals surface area contributed by atoms with Crippen molar-refractivity contribution in [3.05, 3.63) is 12.4 Å². The van der Waals surface area contributed by atoms with Gasteiger partial charge >= 0.3 is 0 Å². The van der Waals surface area contributed by atoms with E-state index in [1.54, 1.807) is 0 Å². The molecule has 1 aromatic heterocycles. The summed E-state index contributed by atoms with van der Waals surface area (Å²) in [5, 5.41) is 0. The van der Waals surface area contributed by atoms with Gasteiger partial charge in [0.25, 0.3) is 0 Å². The van der Waals surface area contributed by atoms with Crippen LogP contribution in [0.2, 0.25) is 0 Å². The molecule has 0 aliphatic carbocycles. The van der Waals surface area contributed by atoms with Gasteiger partial charge in [0.15, 0.2) is 0 Å². The van der Waals surface area contributed by atoms with Crippen molar-refractivity contribution in [3.63, 3.8) is 0 Å². The zero-order chi connectivity index (χ0) is 14.8. The first kappa shape index (κ1) is 15.1. The van der Waals surface area contributed by atoms with Crippen molar-refractivity contribution in [1.29, 1.82) is 0 Å². The van der Waals surface area contributed by atoms with Crippen LogP contribution in [0.15, 0.2) is 17.3 Å². The molecule has 0 spiro atoms. The molecule has 2 rings (SSSR count).